The van der Waals surface area contributed by atoms with E-state index >= 15 is 0 Å². The highest BCUT2D eigenvalue weighted by Crippen LogP contribution is 2.69. The fourth-order valence-corrected chi connectivity index (χ4v) is 11.5. The zero-order chi connectivity index (χ0) is 25.3. The van der Waals surface area contributed by atoms with E-state index in [-0.39, 0.29) is 27.3 Å². The number of quaternary nitrogens is 1. The quantitative estimate of drug-likeness (QED) is 0.304. The highest BCUT2D eigenvalue weighted by Gasteiger charge is 2.68. The van der Waals surface area contributed by atoms with Gasteiger partial charge in [0.15, 0.2) is 0 Å². The van der Waals surface area contributed by atoms with E-state index in [0.717, 1.165) is 64.2 Å². The number of nitrogens with zero attached hydrogens (tertiary/aromatic N) is 1. The van der Waals surface area contributed by atoms with Gasteiger partial charge in [-0.15, -0.1) is 0 Å². The van der Waals surface area contributed by atoms with Gasteiger partial charge in [0, 0.05) is 38.5 Å². The monoisotopic (exact) mass is 507 g/mol. The van der Waals surface area contributed by atoms with Gasteiger partial charge in [0.05, 0.1) is 29.3 Å². The molecule has 0 unspecified atom stereocenters. The van der Waals surface area contributed by atoms with Gasteiger partial charge in [0.25, 0.3) is 0 Å². The molecule has 2 aromatic carbocycles. The molecular weight excluding hydrogens is 466 g/mol. The molecule has 0 N–H and O–H groups in total. The van der Waals surface area contributed by atoms with Crippen molar-refractivity contribution in [2.24, 2.45) is 11.3 Å². The summed E-state index contributed by atoms with van der Waals surface area (Å²) < 4.78 is 7.69. The summed E-state index contributed by atoms with van der Waals surface area (Å²) in [7, 11) is 0. The van der Waals surface area contributed by atoms with Crippen molar-refractivity contribution in [2.75, 3.05) is 0 Å². The normalized spacial score (nSPS) is 48.4. The summed E-state index contributed by atoms with van der Waals surface area (Å²) >= 11 is 0. The van der Waals surface area contributed by atoms with Crippen molar-refractivity contribution in [3.8, 4) is 0 Å². The molecule has 2 aromatic rings. The average molecular weight is 508 g/mol. The Balaban J connectivity index is 1.07. The van der Waals surface area contributed by atoms with Crippen LogP contribution < -0.4 is 0 Å². The fraction of sp³-hybridized carbons (Fsp3) is 0.600. The first kappa shape index (κ1) is 22.8. The van der Waals surface area contributed by atoms with Crippen molar-refractivity contribution >= 4 is 10.8 Å². The smallest absolute Gasteiger partial charge is 0.0975 e. The minimum absolute atomic E-state index is 0.137. The molecule has 198 valence electrons. The van der Waals surface area contributed by atoms with Crippen LogP contribution in [0.4, 0.5) is 0 Å². The second-order valence-electron chi connectivity index (χ2n) is 14.4. The highest BCUT2D eigenvalue weighted by molar-refractivity contribution is 5.83. The van der Waals surface area contributed by atoms with Gasteiger partial charge in [-0.1, -0.05) is 61.5 Å². The molecule has 7 aliphatic rings. The van der Waals surface area contributed by atoms with Gasteiger partial charge in [0.2, 0.25) is 0 Å². The summed E-state index contributed by atoms with van der Waals surface area (Å²) in [6.45, 7) is 2.57. The Kier molecular flexibility index (Phi) is 4.46. The van der Waals surface area contributed by atoms with Gasteiger partial charge in [-0.2, -0.15) is 0 Å². The number of allylic oxidation sites excluding steroid dienone is 1. The SMILES string of the molecule is C[C@]12CC=C3C=C4CC[C@@H]([N+]5([O-])C6CCC5CC6)C[C@]45CC[C@]3(O5)[C@@H]1CC[C@@H]2c1ccc2ccccc2c1. The number of ether oxygens (including phenoxy) is 1. The minimum atomic E-state index is -0.169. The molecule has 3 nitrogen and oxygen atoms in total. The van der Waals surface area contributed by atoms with Gasteiger partial charge < -0.3 is 14.6 Å². The van der Waals surface area contributed by atoms with E-state index in [9.17, 15) is 5.21 Å². The number of hydrogen-bond acceptors (Lipinski definition) is 2. The molecule has 3 saturated heterocycles. The standard InChI is InChI=1S/C35H41NO2/c1-33-17-16-27-21-26-8-9-30(36(37)28-10-11-29(36)13-12-28)22-34(26)18-19-35(27,38-34)32(33)15-14-31(33)25-7-6-23-4-2-3-5-24(23)20-25/h2-7,16,20-21,28-32H,8-15,17-19,22H2,1H3/t28?,29?,30-,31-,32-,33-,34-,35-,36?/m1/s1. The summed E-state index contributed by atoms with van der Waals surface area (Å²) in [5, 5.41) is 17.1. The lowest BCUT2D eigenvalue weighted by Crippen LogP contribution is -2.60. The molecule has 3 heteroatoms. The topological polar surface area (TPSA) is 32.3 Å². The average Bonchev–Trinajstić information content (AvgIpc) is 3.66. The van der Waals surface area contributed by atoms with Crippen molar-refractivity contribution in [1.82, 2.24) is 0 Å². The van der Waals surface area contributed by atoms with E-state index in [1.54, 1.807) is 0 Å². The molecule has 2 saturated carbocycles. The van der Waals surface area contributed by atoms with Crippen molar-refractivity contribution in [1.29, 1.82) is 0 Å². The molecule has 0 aromatic heterocycles. The van der Waals surface area contributed by atoms with Gasteiger partial charge in [0.1, 0.15) is 0 Å². The van der Waals surface area contributed by atoms with Crippen molar-refractivity contribution in [3.63, 3.8) is 0 Å². The zero-order valence-electron chi connectivity index (χ0n) is 22.8. The second-order valence-corrected chi connectivity index (χ2v) is 14.4. The van der Waals surface area contributed by atoms with Gasteiger partial charge >= 0.3 is 0 Å². The third-order valence-electron chi connectivity index (χ3n) is 13.2. The van der Waals surface area contributed by atoms with E-state index in [4.69, 9.17) is 4.74 Å². The Hall–Kier alpha value is -1.94. The lowest BCUT2D eigenvalue weighted by atomic mass is 9.58. The molecule has 4 aliphatic heterocycles. The number of hydroxylamine groups is 3. The zero-order valence-corrected chi connectivity index (χ0v) is 22.8. The highest BCUT2D eigenvalue weighted by atomic mass is 16.6. The molecule has 4 heterocycles. The Morgan fingerprint density at radius 1 is 0.868 bits per heavy atom. The molecule has 9 rings (SSSR count). The van der Waals surface area contributed by atoms with Gasteiger partial charge in [-0.25, -0.2) is 0 Å². The number of benzene rings is 2. The van der Waals surface area contributed by atoms with E-state index in [1.807, 2.05) is 0 Å². The maximum absolute atomic E-state index is 14.4. The predicted molar refractivity (Wildman–Crippen MR) is 151 cm³/mol. The van der Waals surface area contributed by atoms with Crippen LogP contribution in [0.2, 0.25) is 0 Å². The van der Waals surface area contributed by atoms with E-state index < -0.39 is 0 Å². The van der Waals surface area contributed by atoms with E-state index in [0.29, 0.717) is 23.9 Å². The third-order valence-corrected chi connectivity index (χ3v) is 13.2. The molecule has 0 amide bonds. The number of rotatable bonds is 2. The van der Waals surface area contributed by atoms with E-state index in [2.05, 4.69) is 61.5 Å². The molecule has 6 atom stereocenters. The van der Waals surface area contributed by atoms with E-state index in [1.165, 1.54) is 40.3 Å². The molecule has 2 spiro atoms. The van der Waals surface area contributed by atoms with Crippen molar-refractivity contribution < 1.29 is 9.38 Å². The third kappa shape index (κ3) is 2.67. The minimum Gasteiger partial charge on any atom is -0.632 e. The Morgan fingerprint density at radius 2 is 1.66 bits per heavy atom. The van der Waals surface area contributed by atoms with Crippen LogP contribution in [-0.4, -0.2) is 34.0 Å². The maximum atomic E-state index is 14.4. The molecular formula is C35H41NO2. The van der Waals surface area contributed by atoms with Crippen LogP contribution in [0.1, 0.15) is 95.5 Å². The fourth-order valence-electron chi connectivity index (χ4n) is 11.5. The molecule has 5 fully saturated rings. The van der Waals surface area contributed by atoms with Crippen LogP contribution in [0.15, 0.2) is 65.8 Å². The van der Waals surface area contributed by atoms with Gasteiger partial charge in [-0.05, 0) is 83.3 Å². The van der Waals surface area contributed by atoms with Crippen LogP contribution in [0.5, 0.6) is 0 Å². The summed E-state index contributed by atoms with van der Waals surface area (Å²) in [5.74, 6) is 1.13. The predicted octanol–water partition coefficient (Wildman–Crippen LogP) is 8.09. The Morgan fingerprint density at radius 3 is 2.47 bits per heavy atom. The van der Waals surface area contributed by atoms with Crippen LogP contribution >= 0.6 is 0 Å². The first-order valence-electron chi connectivity index (χ1n) is 15.6. The Bertz CT molecular complexity index is 1390. The first-order chi connectivity index (χ1) is 18.4. The number of fused-ring (bicyclic) bond motifs is 4. The van der Waals surface area contributed by atoms with Crippen LogP contribution in [0.25, 0.3) is 10.8 Å². The van der Waals surface area contributed by atoms with Gasteiger partial charge in [-0.3, -0.25) is 0 Å². The summed E-state index contributed by atoms with van der Waals surface area (Å²) in [6, 6.07) is 17.0. The van der Waals surface area contributed by atoms with Crippen LogP contribution in [0, 0.1) is 16.5 Å². The van der Waals surface area contributed by atoms with Crippen LogP contribution in [0.3, 0.4) is 0 Å². The van der Waals surface area contributed by atoms with Crippen molar-refractivity contribution in [2.45, 2.75) is 119 Å². The summed E-state index contributed by atoms with van der Waals surface area (Å²) in [6.07, 6.45) is 18.8. The van der Waals surface area contributed by atoms with Crippen molar-refractivity contribution in [3.05, 3.63) is 76.5 Å². The first-order valence-corrected chi connectivity index (χ1v) is 15.6. The Labute approximate surface area is 227 Å². The molecule has 3 aliphatic carbocycles. The second kappa shape index (κ2) is 7.42. The summed E-state index contributed by atoms with van der Waals surface area (Å²) in [4.78, 5) is 0. The summed E-state index contributed by atoms with van der Waals surface area (Å²) in [5.41, 5.74) is 4.45. The number of hydrogen-bond donors (Lipinski definition) is 0. The molecule has 38 heavy (non-hydrogen) atoms. The lowest BCUT2D eigenvalue weighted by molar-refractivity contribution is -0.928. The lowest BCUT2D eigenvalue weighted by Gasteiger charge is -2.57. The maximum Gasteiger partial charge on any atom is 0.0975 e. The molecule has 0 radical (unpaired) electrons. The largest absolute Gasteiger partial charge is 0.632 e. The molecule has 4 bridgehead atoms. The van der Waals surface area contributed by atoms with Crippen LogP contribution in [-0.2, 0) is 4.74 Å².